The molecule has 0 radical (unpaired) electrons. The van der Waals surface area contributed by atoms with Crippen LogP contribution in [-0.2, 0) is 4.79 Å². The van der Waals surface area contributed by atoms with Gasteiger partial charge in [0.1, 0.15) is 0 Å². The Kier molecular flexibility index (Phi) is 7.26. The maximum atomic E-state index is 12.5. The fourth-order valence-electron chi connectivity index (χ4n) is 3.46. The summed E-state index contributed by atoms with van der Waals surface area (Å²) in [6.45, 7) is 8.93. The topological polar surface area (TPSA) is 47.0 Å². The zero-order valence-corrected chi connectivity index (χ0v) is 15.9. The van der Waals surface area contributed by atoms with E-state index in [-0.39, 0.29) is 12.3 Å². The van der Waals surface area contributed by atoms with Crippen LogP contribution in [0.15, 0.2) is 30.3 Å². The van der Waals surface area contributed by atoms with Crippen LogP contribution in [0.3, 0.4) is 0 Å². The number of carbonyl (C=O) groups excluding carboxylic acids is 1. The highest BCUT2D eigenvalue weighted by Crippen LogP contribution is 2.26. The second kappa shape index (κ2) is 9.20. The molecule has 0 aromatic heterocycles. The van der Waals surface area contributed by atoms with Crippen molar-refractivity contribution in [2.24, 2.45) is 0 Å². The molecule has 25 heavy (non-hydrogen) atoms. The Labute approximate surface area is 152 Å². The molecule has 0 atom stereocenters. The number of carbonyl (C=O) groups is 1. The molecule has 1 aromatic rings. The van der Waals surface area contributed by atoms with Crippen LogP contribution in [0.4, 0.5) is 5.69 Å². The summed E-state index contributed by atoms with van der Waals surface area (Å²) < 4.78 is 0. The van der Waals surface area contributed by atoms with Crippen LogP contribution in [0.1, 0.15) is 33.1 Å². The van der Waals surface area contributed by atoms with Gasteiger partial charge in [0.05, 0.1) is 12.0 Å². The molecule has 0 spiro atoms. The largest absolute Gasteiger partial charge is 0.389 e. The van der Waals surface area contributed by atoms with Crippen molar-refractivity contribution in [3.05, 3.63) is 30.3 Å². The summed E-state index contributed by atoms with van der Waals surface area (Å²) >= 11 is 0. The molecule has 0 saturated carbocycles. The van der Waals surface area contributed by atoms with E-state index in [2.05, 4.69) is 29.0 Å². The highest BCUT2D eigenvalue weighted by atomic mass is 16.3. The molecule has 0 bridgehead atoms. The van der Waals surface area contributed by atoms with Crippen molar-refractivity contribution in [1.29, 1.82) is 0 Å². The molecule has 0 aliphatic carbocycles. The number of para-hydroxylation sites is 1. The Morgan fingerprint density at radius 3 is 2.12 bits per heavy atom. The molecule has 140 valence electrons. The number of anilines is 1. The normalized spacial score (nSPS) is 20.6. The third-order valence-corrected chi connectivity index (χ3v) is 5.15. The van der Waals surface area contributed by atoms with Crippen LogP contribution >= 0.6 is 0 Å². The fourth-order valence-corrected chi connectivity index (χ4v) is 3.46. The van der Waals surface area contributed by atoms with Gasteiger partial charge in [0.25, 0.3) is 0 Å². The molecule has 3 rings (SSSR count). The van der Waals surface area contributed by atoms with E-state index in [1.54, 1.807) is 0 Å². The Balaban J connectivity index is 0.00000109. The molecule has 2 fully saturated rings. The Morgan fingerprint density at radius 1 is 1.00 bits per heavy atom. The van der Waals surface area contributed by atoms with Crippen molar-refractivity contribution in [3.63, 3.8) is 0 Å². The minimum absolute atomic E-state index is 0.102. The minimum atomic E-state index is -0.805. The maximum absolute atomic E-state index is 12.5. The standard InChI is InChI=1S/C18H27N3O2.C2H6/c1-19-9-7-18(23,8-10-19)15-17(22)21-13-11-20(12-14-21)16-5-3-2-4-6-16;1-2/h2-6,23H,7-15H2,1H3;1-2H3. The number of nitrogens with zero attached hydrogens (tertiary/aromatic N) is 3. The molecule has 1 N–H and O–H groups in total. The summed E-state index contributed by atoms with van der Waals surface area (Å²) in [6.07, 6.45) is 1.66. The Morgan fingerprint density at radius 2 is 1.56 bits per heavy atom. The lowest BCUT2D eigenvalue weighted by molar-refractivity contribution is -0.138. The lowest BCUT2D eigenvalue weighted by Crippen LogP contribution is -2.52. The number of rotatable bonds is 3. The van der Waals surface area contributed by atoms with Crippen LogP contribution in [0.25, 0.3) is 0 Å². The zero-order chi connectivity index (χ0) is 18.3. The maximum Gasteiger partial charge on any atom is 0.225 e. The van der Waals surface area contributed by atoms with Crippen molar-refractivity contribution in [1.82, 2.24) is 9.80 Å². The predicted molar refractivity (Wildman–Crippen MR) is 103 cm³/mol. The smallest absolute Gasteiger partial charge is 0.225 e. The van der Waals surface area contributed by atoms with Gasteiger partial charge in [-0.05, 0) is 32.0 Å². The molecular weight excluding hydrogens is 314 g/mol. The van der Waals surface area contributed by atoms with Crippen LogP contribution in [0, 0.1) is 0 Å². The van der Waals surface area contributed by atoms with Crippen molar-refractivity contribution in [3.8, 4) is 0 Å². The lowest BCUT2D eigenvalue weighted by Gasteiger charge is -2.40. The first kappa shape index (κ1) is 19.7. The van der Waals surface area contributed by atoms with Gasteiger partial charge in [-0.25, -0.2) is 0 Å². The fraction of sp³-hybridized carbons (Fsp3) is 0.650. The number of aliphatic hydroxyl groups is 1. The Bertz CT molecular complexity index is 519. The van der Waals surface area contributed by atoms with Gasteiger partial charge >= 0.3 is 0 Å². The first-order valence-corrected chi connectivity index (χ1v) is 9.54. The van der Waals surface area contributed by atoms with E-state index in [1.807, 2.05) is 36.9 Å². The first-order chi connectivity index (χ1) is 12.1. The van der Waals surface area contributed by atoms with E-state index in [1.165, 1.54) is 5.69 Å². The molecule has 5 heteroatoms. The lowest BCUT2D eigenvalue weighted by atomic mass is 9.88. The number of hydrogen-bond acceptors (Lipinski definition) is 4. The molecular formula is C20H33N3O2. The monoisotopic (exact) mass is 347 g/mol. The summed E-state index contributed by atoms with van der Waals surface area (Å²) in [5.41, 5.74) is 0.411. The summed E-state index contributed by atoms with van der Waals surface area (Å²) in [5.74, 6) is 0.102. The minimum Gasteiger partial charge on any atom is -0.389 e. The van der Waals surface area contributed by atoms with Crippen LogP contribution in [0.5, 0.6) is 0 Å². The molecule has 2 aliphatic rings. The zero-order valence-electron chi connectivity index (χ0n) is 15.9. The van der Waals surface area contributed by atoms with Gasteiger partial charge in [-0.15, -0.1) is 0 Å². The average Bonchev–Trinajstić information content (AvgIpc) is 2.67. The van der Waals surface area contributed by atoms with Gasteiger partial charge in [0.15, 0.2) is 0 Å². The van der Waals surface area contributed by atoms with Gasteiger partial charge in [0, 0.05) is 45.0 Å². The number of benzene rings is 1. The number of hydrogen-bond donors (Lipinski definition) is 1. The highest BCUT2D eigenvalue weighted by molar-refractivity contribution is 5.77. The molecule has 2 heterocycles. The van der Waals surface area contributed by atoms with Crippen molar-refractivity contribution in [2.75, 3.05) is 51.2 Å². The van der Waals surface area contributed by atoms with E-state index in [9.17, 15) is 9.90 Å². The van der Waals surface area contributed by atoms with Crippen molar-refractivity contribution in [2.45, 2.75) is 38.7 Å². The second-order valence-electron chi connectivity index (χ2n) is 6.91. The van der Waals surface area contributed by atoms with E-state index in [0.717, 1.165) is 39.3 Å². The third-order valence-electron chi connectivity index (χ3n) is 5.15. The number of amides is 1. The second-order valence-corrected chi connectivity index (χ2v) is 6.91. The van der Waals surface area contributed by atoms with Gasteiger partial charge in [-0.3, -0.25) is 4.79 Å². The quantitative estimate of drug-likeness (QED) is 0.911. The van der Waals surface area contributed by atoms with Gasteiger partial charge in [-0.1, -0.05) is 32.0 Å². The van der Waals surface area contributed by atoms with Crippen LogP contribution in [-0.4, -0.2) is 72.7 Å². The molecule has 2 saturated heterocycles. The SMILES string of the molecule is CC.CN1CCC(O)(CC(=O)N2CCN(c3ccccc3)CC2)CC1. The summed E-state index contributed by atoms with van der Waals surface area (Å²) in [6, 6.07) is 10.3. The molecule has 0 unspecified atom stereocenters. The van der Waals surface area contributed by atoms with Gasteiger partial charge < -0.3 is 19.8 Å². The first-order valence-electron chi connectivity index (χ1n) is 9.54. The van der Waals surface area contributed by atoms with Gasteiger partial charge in [0.2, 0.25) is 5.91 Å². The number of likely N-dealkylation sites (tertiary alicyclic amines) is 1. The molecule has 1 amide bonds. The molecule has 5 nitrogen and oxygen atoms in total. The van der Waals surface area contributed by atoms with Crippen molar-refractivity contribution < 1.29 is 9.90 Å². The van der Waals surface area contributed by atoms with Gasteiger partial charge in [-0.2, -0.15) is 0 Å². The predicted octanol–water partition coefficient (Wildman–Crippen LogP) is 2.21. The van der Waals surface area contributed by atoms with E-state index < -0.39 is 5.60 Å². The number of piperazine rings is 1. The van der Waals surface area contributed by atoms with E-state index >= 15 is 0 Å². The van der Waals surface area contributed by atoms with Crippen LogP contribution in [0.2, 0.25) is 0 Å². The summed E-state index contributed by atoms with van der Waals surface area (Å²) in [5, 5.41) is 10.6. The third kappa shape index (κ3) is 5.44. The van der Waals surface area contributed by atoms with E-state index in [4.69, 9.17) is 0 Å². The molecule has 2 aliphatic heterocycles. The highest BCUT2D eigenvalue weighted by Gasteiger charge is 2.35. The van der Waals surface area contributed by atoms with Crippen LogP contribution < -0.4 is 4.90 Å². The average molecular weight is 348 g/mol. The Hall–Kier alpha value is -1.59. The molecule has 1 aromatic carbocycles. The van der Waals surface area contributed by atoms with E-state index in [0.29, 0.717) is 12.8 Å². The summed E-state index contributed by atoms with van der Waals surface area (Å²) in [7, 11) is 2.06. The summed E-state index contributed by atoms with van der Waals surface area (Å²) in [4.78, 5) is 19.0. The number of piperidine rings is 1. The van der Waals surface area contributed by atoms with Crippen molar-refractivity contribution >= 4 is 11.6 Å².